The third-order valence-electron chi connectivity index (χ3n) is 4.09. The van der Waals surface area contributed by atoms with Gasteiger partial charge in [-0.05, 0) is 39.8 Å². The highest BCUT2D eigenvalue weighted by Crippen LogP contribution is 2.46. The minimum absolute atomic E-state index is 0.121. The first-order valence-electron chi connectivity index (χ1n) is 6.40. The second-order valence-corrected chi connectivity index (χ2v) is 5.12. The Morgan fingerprint density at radius 1 is 1.11 bits per heavy atom. The number of benzene rings is 1. The number of allylic oxidation sites excluding steroid dienone is 5. The Balaban J connectivity index is 1.99. The molecule has 1 heteroatoms. The lowest BCUT2D eigenvalue weighted by molar-refractivity contribution is 0.334. The van der Waals surface area contributed by atoms with Gasteiger partial charge in [-0.15, -0.1) is 0 Å². The van der Waals surface area contributed by atoms with Crippen LogP contribution in [-0.2, 0) is 6.42 Å². The molecule has 88 valence electrons. The molecular weight excluding hydrogens is 220 g/mol. The smallest absolute Gasteiger partial charge is 0.0682 e. The van der Waals surface area contributed by atoms with E-state index in [9.17, 15) is 5.11 Å². The summed E-state index contributed by atoms with van der Waals surface area (Å²) in [6.45, 7) is 0.121. The van der Waals surface area contributed by atoms with Crippen molar-refractivity contribution in [2.45, 2.75) is 12.3 Å². The zero-order valence-electron chi connectivity index (χ0n) is 10.1. The van der Waals surface area contributed by atoms with Crippen molar-refractivity contribution < 1.29 is 5.11 Å². The Morgan fingerprint density at radius 2 is 2.06 bits per heavy atom. The summed E-state index contributed by atoms with van der Waals surface area (Å²) in [6.07, 6.45) is 12.0. The molecular formula is C17H14O. The fourth-order valence-corrected chi connectivity index (χ4v) is 3.30. The van der Waals surface area contributed by atoms with Crippen LogP contribution in [-0.4, -0.2) is 11.7 Å². The fraction of sp³-hybridized carbons (Fsp3) is 0.176. The molecule has 1 nitrogen and oxygen atoms in total. The molecule has 18 heavy (non-hydrogen) atoms. The monoisotopic (exact) mass is 234 g/mol. The Morgan fingerprint density at radius 3 is 2.94 bits per heavy atom. The van der Waals surface area contributed by atoms with Gasteiger partial charge in [0.1, 0.15) is 0 Å². The molecule has 1 unspecified atom stereocenters. The van der Waals surface area contributed by atoms with Crippen molar-refractivity contribution in [3.8, 4) is 0 Å². The molecule has 0 radical (unpaired) electrons. The second-order valence-electron chi connectivity index (χ2n) is 5.12. The van der Waals surface area contributed by atoms with Gasteiger partial charge in [-0.2, -0.15) is 0 Å². The van der Waals surface area contributed by atoms with Crippen molar-refractivity contribution in [3.05, 3.63) is 75.9 Å². The van der Waals surface area contributed by atoms with Crippen molar-refractivity contribution in [3.63, 3.8) is 0 Å². The second kappa shape index (κ2) is 3.56. The zero-order chi connectivity index (χ0) is 12.1. The van der Waals surface area contributed by atoms with E-state index in [4.69, 9.17) is 0 Å². The maximum Gasteiger partial charge on any atom is 0.0682 e. The van der Waals surface area contributed by atoms with Crippen LogP contribution in [0.5, 0.6) is 0 Å². The standard InChI is InChI=1S/C17H14O/c18-10-11-8-14-6-4-12-2-1-3-13-5-7-15(9-11)17(14)16(12)13/h1-4,6-9,17-18H,5,10H2. The Bertz CT molecular complexity index is 656. The van der Waals surface area contributed by atoms with Crippen molar-refractivity contribution in [1.29, 1.82) is 0 Å². The van der Waals surface area contributed by atoms with Gasteiger partial charge in [0.05, 0.1) is 6.61 Å². The van der Waals surface area contributed by atoms with Crippen LogP contribution in [0.3, 0.4) is 0 Å². The van der Waals surface area contributed by atoms with Crippen LogP contribution in [0.2, 0.25) is 0 Å². The van der Waals surface area contributed by atoms with Gasteiger partial charge < -0.3 is 5.11 Å². The lowest BCUT2D eigenvalue weighted by Crippen LogP contribution is -2.18. The molecule has 3 aliphatic rings. The van der Waals surface area contributed by atoms with Gasteiger partial charge >= 0.3 is 0 Å². The van der Waals surface area contributed by atoms with E-state index in [0.29, 0.717) is 5.92 Å². The Hall–Kier alpha value is -1.86. The Kier molecular flexibility index (Phi) is 2.00. The first-order chi connectivity index (χ1) is 8.86. The lowest BCUT2D eigenvalue weighted by atomic mass is 9.70. The highest BCUT2D eigenvalue weighted by molar-refractivity contribution is 5.72. The molecule has 0 heterocycles. The summed E-state index contributed by atoms with van der Waals surface area (Å²) < 4.78 is 0. The zero-order valence-corrected chi connectivity index (χ0v) is 10.1. The molecule has 0 saturated heterocycles. The molecule has 1 N–H and O–H groups in total. The summed E-state index contributed by atoms with van der Waals surface area (Å²) in [6, 6.07) is 6.57. The number of rotatable bonds is 1. The van der Waals surface area contributed by atoms with Crippen LogP contribution in [0.25, 0.3) is 6.08 Å². The van der Waals surface area contributed by atoms with Crippen molar-refractivity contribution in [2.75, 3.05) is 6.61 Å². The van der Waals surface area contributed by atoms with E-state index in [1.807, 2.05) is 0 Å². The van der Waals surface area contributed by atoms with E-state index in [2.05, 4.69) is 48.6 Å². The average Bonchev–Trinajstić information content (AvgIpc) is 2.44. The molecule has 4 rings (SSSR count). The Labute approximate surface area is 106 Å². The SMILES string of the molecule is OCC1=CC2=CCc3cccc4c3C2C(=C1)C=C4. The third-order valence-corrected chi connectivity index (χ3v) is 4.09. The van der Waals surface area contributed by atoms with Gasteiger partial charge in [0.2, 0.25) is 0 Å². The number of aliphatic hydroxyl groups is 1. The maximum atomic E-state index is 9.34. The van der Waals surface area contributed by atoms with Crippen molar-refractivity contribution in [1.82, 2.24) is 0 Å². The van der Waals surface area contributed by atoms with Gasteiger partial charge in [-0.25, -0.2) is 0 Å². The largest absolute Gasteiger partial charge is 0.392 e. The van der Waals surface area contributed by atoms with E-state index in [1.165, 1.54) is 27.8 Å². The molecule has 0 amide bonds. The van der Waals surface area contributed by atoms with Crippen LogP contribution < -0.4 is 0 Å². The van der Waals surface area contributed by atoms with Gasteiger partial charge in [-0.3, -0.25) is 0 Å². The van der Waals surface area contributed by atoms with Gasteiger partial charge in [0.25, 0.3) is 0 Å². The van der Waals surface area contributed by atoms with Crippen LogP contribution in [0, 0.1) is 0 Å². The van der Waals surface area contributed by atoms with Crippen molar-refractivity contribution >= 4 is 6.08 Å². The molecule has 0 saturated carbocycles. The summed E-state index contributed by atoms with van der Waals surface area (Å²) in [4.78, 5) is 0. The molecule has 1 aromatic carbocycles. The summed E-state index contributed by atoms with van der Waals surface area (Å²) in [5.41, 5.74) is 7.93. The highest BCUT2D eigenvalue weighted by Gasteiger charge is 2.30. The van der Waals surface area contributed by atoms with Crippen LogP contribution in [0.1, 0.15) is 22.6 Å². The van der Waals surface area contributed by atoms with E-state index < -0.39 is 0 Å². The minimum Gasteiger partial charge on any atom is -0.392 e. The fourth-order valence-electron chi connectivity index (χ4n) is 3.30. The molecule has 1 aromatic rings. The predicted molar refractivity (Wildman–Crippen MR) is 73.3 cm³/mol. The normalized spacial score (nSPS) is 22.9. The molecule has 3 aliphatic carbocycles. The van der Waals surface area contributed by atoms with Gasteiger partial charge in [-0.1, -0.05) is 48.6 Å². The van der Waals surface area contributed by atoms with Crippen LogP contribution in [0.15, 0.2) is 59.2 Å². The molecule has 0 aliphatic heterocycles. The predicted octanol–water partition coefficient (Wildman–Crippen LogP) is 3.14. The molecule has 0 spiro atoms. The quantitative estimate of drug-likeness (QED) is 0.791. The number of aliphatic hydroxyl groups excluding tert-OH is 1. The number of hydrogen-bond donors (Lipinski definition) is 1. The molecule has 0 fully saturated rings. The molecule has 1 atom stereocenters. The topological polar surface area (TPSA) is 20.2 Å². The average molecular weight is 234 g/mol. The maximum absolute atomic E-state index is 9.34. The first-order valence-corrected chi connectivity index (χ1v) is 6.40. The van der Waals surface area contributed by atoms with E-state index in [1.54, 1.807) is 0 Å². The van der Waals surface area contributed by atoms with Gasteiger partial charge in [0.15, 0.2) is 0 Å². The van der Waals surface area contributed by atoms with Crippen LogP contribution >= 0.6 is 0 Å². The minimum atomic E-state index is 0.121. The highest BCUT2D eigenvalue weighted by atomic mass is 16.3. The van der Waals surface area contributed by atoms with Crippen molar-refractivity contribution in [2.24, 2.45) is 0 Å². The molecule has 0 aromatic heterocycles. The van der Waals surface area contributed by atoms with E-state index >= 15 is 0 Å². The van der Waals surface area contributed by atoms with E-state index in [0.717, 1.165) is 12.0 Å². The number of hydrogen-bond acceptors (Lipinski definition) is 1. The summed E-state index contributed by atoms with van der Waals surface area (Å²) in [7, 11) is 0. The van der Waals surface area contributed by atoms with E-state index in [-0.39, 0.29) is 6.61 Å². The van der Waals surface area contributed by atoms with Crippen LogP contribution in [0.4, 0.5) is 0 Å². The summed E-state index contributed by atoms with van der Waals surface area (Å²) >= 11 is 0. The summed E-state index contributed by atoms with van der Waals surface area (Å²) in [5.74, 6) is 0.394. The third kappa shape index (κ3) is 1.25. The first kappa shape index (κ1) is 10.1. The summed E-state index contributed by atoms with van der Waals surface area (Å²) in [5, 5.41) is 9.34. The van der Waals surface area contributed by atoms with Gasteiger partial charge in [0, 0.05) is 5.92 Å². The lowest BCUT2D eigenvalue weighted by Gasteiger charge is -2.34. The molecule has 0 bridgehead atoms.